The highest BCUT2D eigenvalue weighted by Gasteiger charge is 2.44. The molecule has 1 unspecified atom stereocenters. The molecule has 51 heavy (non-hydrogen) atoms. The third kappa shape index (κ3) is 16.1. The number of benzene rings is 1. The van der Waals surface area contributed by atoms with Crippen LogP contribution in [0, 0.1) is 28.6 Å². The number of ether oxygens (including phenoxy) is 2. The first-order chi connectivity index (χ1) is 23.8. The number of nitrogens with one attached hydrogen (secondary N) is 2. The SMILES string of the molecule is CC(C)[C@H](CC(=O)CCOCCN1C(=O)CC(C(C)(C)C)C1=O)C(=O)N[C@@H](CCCNC(N)=O)C(=O)Cc1ccc(COCCC(C)(C)C)cc1. The van der Waals surface area contributed by atoms with Crippen LogP contribution in [0.1, 0.15) is 105 Å². The fourth-order valence-electron chi connectivity index (χ4n) is 5.77. The van der Waals surface area contributed by atoms with E-state index in [2.05, 4.69) is 31.4 Å². The van der Waals surface area contributed by atoms with E-state index in [9.17, 15) is 28.8 Å². The van der Waals surface area contributed by atoms with E-state index in [0.717, 1.165) is 17.5 Å². The maximum Gasteiger partial charge on any atom is 0.312 e. The molecule has 0 bridgehead atoms. The summed E-state index contributed by atoms with van der Waals surface area (Å²) < 4.78 is 11.4. The molecule has 1 saturated heterocycles. The van der Waals surface area contributed by atoms with Crippen molar-refractivity contribution in [2.24, 2.45) is 34.3 Å². The Bertz CT molecular complexity index is 1330. The molecular formula is C39H62N4O8. The fraction of sp³-hybridized carbons (Fsp3) is 0.692. The second-order valence-corrected chi connectivity index (χ2v) is 16.3. The van der Waals surface area contributed by atoms with Crippen LogP contribution < -0.4 is 16.4 Å². The van der Waals surface area contributed by atoms with Crippen LogP contribution in [0.5, 0.6) is 0 Å². The van der Waals surface area contributed by atoms with Gasteiger partial charge in [-0.05, 0) is 47.1 Å². The zero-order chi connectivity index (χ0) is 38.4. The van der Waals surface area contributed by atoms with E-state index in [4.69, 9.17) is 15.2 Å². The molecule has 12 nitrogen and oxygen atoms in total. The van der Waals surface area contributed by atoms with Gasteiger partial charge in [-0.3, -0.25) is 28.9 Å². The highest BCUT2D eigenvalue weighted by molar-refractivity contribution is 6.03. The predicted octanol–water partition coefficient (Wildman–Crippen LogP) is 4.74. The minimum atomic E-state index is -0.818. The molecule has 5 amide bonds. The van der Waals surface area contributed by atoms with E-state index >= 15 is 0 Å². The summed E-state index contributed by atoms with van der Waals surface area (Å²) in [6.45, 7) is 17.8. The average molecular weight is 715 g/mol. The van der Waals surface area contributed by atoms with Gasteiger partial charge in [-0.1, -0.05) is 79.7 Å². The van der Waals surface area contributed by atoms with Crippen LogP contribution in [0.4, 0.5) is 4.79 Å². The van der Waals surface area contributed by atoms with E-state index in [1.165, 1.54) is 4.90 Å². The molecule has 1 fully saturated rings. The molecule has 3 atom stereocenters. The van der Waals surface area contributed by atoms with Crippen molar-refractivity contribution in [2.75, 3.05) is 32.9 Å². The minimum Gasteiger partial charge on any atom is -0.379 e. The molecule has 1 aromatic rings. The summed E-state index contributed by atoms with van der Waals surface area (Å²) in [5.74, 6) is -2.33. The Morgan fingerprint density at radius 1 is 0.941 bits per heavy atom. The molecule has 4 N–H and O–H groups in total. The number of nitrogens with two attached hydrogens (primary N) is 1. The third-order valence-electron chi connectivity index (χ3n) is 9.20. The summed E-state index contributed by atoms with van der Waals surface area (Å²) in [6.07, 6.45) is 2.00. The van der Waals surface area contributed by atoms with Gasteiger partial charge < -0.3 is 25.8 Å². The molecule has 12 heteroatoms. The Labute approximate surface area is 304 Å². The van der Waals surface area contributed by atoms with E-state index in [-0.39, 0.29) is 110 Å². The van der Waals surface area contributed by atoms with Gasteiger partial charge in [0.15, 0.2) is 5.78 Å². The molecule has 286 valence electrons. The Morgan fingerprint density at radius 3 is 2.16 bits per heavy atom. The number of nitrogens with zero attached hydrogens (tertiary/aromatic N) is 1. The topological polar surface area (TPSA) is 174 Å². The number of carbonyl (C=O) groups is 6. The maximum atomic E-state index is 13.5. The zero-order valence-electron chi connectivity index (χ0n) is 32.1. The summed E-state index contributed by atoms with van der Waals surface area (Å²) in [7, 11) is 0. The van der Waals surface area contributed by atoms with Crippen molar-refractivity contribution in [3.8, 4) is 0 Å². The monoisotopic (exact) mass is 714 g/mol. The number of hydrogen-bond acceptors (Lipinski definition) is 8. The van der Waals surface area contributed by atoms with Crippen LogP contribution in [0.15, 0.2) is 24.3 Å². The van der Waals surface area contributed by atoms with Gasteiger partial charge >= 0.3 is 6.03 Å². The molecule has 0 aromatic heterocycles. The lowest BCUT2D eigenvalue weighted by Crippen LogP contribution is -2.46. The van der Waals surface area contributed by atoms with Crippen molar-refractivity contribution in [3.05, 3.63) is 35.4 Å². The van der Waals surface area contributed by atoms with Crippen molar-refractivity contribution in [1.82, 2.24) is 15.5 Å². The highest BCUT2D eigenvalue weighted by Crippen LogP contribution is 2.35. The summed E-state index contributed by atoms with van der Waals surface area (Å²) in [6, 6.07) is 6.15. The van der Waals surface area contributed by atoms with Gasteiger partial charge in [0.2, 0.25) is 17.7 Å². The number of amides is 5. The first-order valence-electron chi connectivity index (χ1n) is 18.2. The summed E-state index contributed by atoms with van der Waals surface area (Å²) in [5, 5.41) is 5.41. The summed E-state index contributed by atoms with van der Waals surface area (Å²) >= 11 is 0. The van der Waals surface area contributed by atoms with E-state index < -0.39 is 18.0 Å². The summed E-state index contributed by atoms with van der Waals surface area (Å²) in [5.41, 5.74) is 6.88. The van der Waals surface area contributed by atoms with Gasteiger partial charge in [0, 0.05) is 44.8 Å². The van der Waals surface area contributed by atoms with Crippen LogP contribution in [0.2, 0.25) is 0 Å². The van der Waals surface area contributed by atoms with Crippen LogP contribution in [0.25, 0.3) is 0 Å². The number of hydrogen-bond donors (Lipinski definition) is 3. The Morgan fingerprint density at radius 2 is 1.59 bits per heavy atom. The van der Waals surface area contributed by atoms with Gasteiger partial charge in [-0.25, -0.2) is 4.79 Å². The lowest BCUT2D eigenvalue weighted by Gasteiger charge is -2.25. The quantitative estimate of drug-likeness (QED) is 0.114. The largest absolute Gasteiger partial charge is 0.379 e. The van der Waals surface area contributed by atoms with Crippen molar-refractivity contribution in [1.29, 1.82) is 0 Å². The predicted molar refractivity (Wildman–Crippen MR) is 195 cm³/mol. The van der Waals surface area contributed by atoms with Crippen molar-refractivity contribution >= 4 is 35.3 Å². The smallest absolute Gasteiger partial charge is 0.312 e. The van der Waals surface area contributed by atoms with Gasteiger partial charge in [-0.2, -0.15) is 0 Å². The average Bonchev–Trinajstić information content (AvgIpc) is 3.32. The Balaban J connectivity index is 1.92. The van der Waals surface area contributed by atoms with E-state index in [1.807, 2.05) is 58.9 Å². The number of ketones is 2. The number of likely N-dealkylation sites (tertiary alicyclic amines) is 1. The van der Waals surface area contributed by atoms with Crippen molar-refractivity contribution in [2.45, 2.75) is 113 Å². The van der Waals surface area contributed by atoms with Gasteiger partial charge in [0.05, 0.1) is 38.3 Å². The number of rotatable bonds is 22. The second kappa shape index (κ2) is 20.4. The number of Topliss-reactive ketones (excluding diaryl/α,β-unsaturated/α-hetero) is 2. The maximum absolute atomic E-state index is 13.5. The van der Waals surface area contributed by atoms with Gasteiger partial charge in [-0.15, -0.1) is 0 Å². The van der Waals surface area contributed by atoms with E-state index in [0.29, 0.717) is 19.6 Å². The molecular weight excluding hydrogens is 652 g/mol. The van der Waals surface area contributed by atoms with Crippen LogP contribution in [-0.2, 0) is 46.5 Å². The number of primary amides is 1. The standard InChI is InChI=1S/C39H62N4O8/c1-26(2)30(23-29(44)15-19-50-21-18-43-34(46)24-31(36(43)48)39(6,7)8)35(47)42-32(10-9-17-41-37(40)49)33(45)22-27-11-13-28(14-12-27)25-51-20-16-38(3,4)5/h11-14,26,30-32H,9-10,15-25H2,1-8H3,(H,42,47)(H3,40,41,49)/t30-,31?,32-/m0/s1. The molecule has 0 spiro atoms. The third-order valence-corrected chi connectivity index (χ3v) is 9.20. The molecule has 1 aromatic carbocycles. The number of carbonyl (C=O) groups excluding carboxylic acids is 6. The molecule has 0 saturated carbocycles. The van der Waals surface area contributed by atoms with Crippen LogP contribution in [0.3, 0.4) is 0 Å². The molecule has 1 heterocycles. The lowest BCUT2D eigenvalue weighted by atomic mass is 9.80. The first-order valence-corrected chi connectivity index (χ1v) is 18.2. The zero-order valence-corrected chi connectivity index (χ0v) is 32.1. The van der Waals surface area contributed by atoms with Gasteiger partial charge in [0.25, 0.3) is 0 Å². The molecule has 0 radical (unpaired) electrons. The van der Waals surface area contributed by atoms with Crippen LogP contribution in [-0.4, -0.2) is 79.2 Å². The van der Waals surface area contributed by atoms with E-state index in [1.54, 1.807) is 0 Å². The van der Waals surface area contributed by atoms with Crippen molar-refractivity contribution < 1.29 is 38.2 Å². The molecule has 1 aliphatic rings. The minimum absolute atomic E-state index is 0.0212. The van der Waals surface area contributed by atoms with Gasteiger partial charge in [0.1, 0.15) is 5.78 Å². The Kier molecular flexibility index (Phi) is 17.4. The highest BCUT2D eigenvalue weighted by atomic mass is 16.5. The van der Waals surface area contributed by atoms with Crippen LogP contribution >= 0.6 is 0 Å². The summed E-state index contributed by atoms with van der Waals surface area (Å²) in [4.78, 5) is 77.4. The second-order valence-electron chi connectivity index (χ2n) is 16.3. The molecule has 0 aliphatic carbocycles. The molecule has 2 rings (SSSR count). The fourth-order valence-corrected chi connectivity index (χ4v) is 5.77. The molecule has 1 aliphatic heterocycles. The first kappa shape index (κ1) is 43.5. The number of imide groups is 1. The Hall–Kier alpha value is -3.64. The van der Waals surface area contributed by atoms with Crippen molar-refractivity contribution in [3.63, 3.8) is 0 Å². The number of urea groups is 1. The normalized spacial score (nSPS) is 16.3. The lowest BCUT2D eigenvalue weighted by molar-refractivity contribution is -0.141.